The Kier molecular flexibility index (Phi) is 2.28. The van der Waals surface area contributed by atoms with E-state index in [0.717, 1.165) is 11.0 Å². The predicted molar refractivity (Wildman–Crippen MR) is 58.3 cm³/mol. The normalized spacial score (nSPS) is 11.3. The summed E-state index contributed by atoms with van der Waals surface area (Å²) < 4.78 is 1.85. The van der Waals surface area contributed by atoms with Gasteiger partial charge in [0, 0.05) is 13.1 Å². The van der Waals surface area contributed by atoms with E-state index >= 15 is 0 Å². The molecule has 0 unspecified atom stereocenters. The first kappa shape index (κ1) is 9.85. The highest BCUT2D eigenvalue weighted by Gasteiger charge is 2.12. The number of rotatable bonds is 2. The van der Waals surface area contributed by atoms with Crippen LogP contribution in [0.2, 0.25) is 0 Å². The van der Waals surface area contributed by atoms with Crippen molar-refractivity contribution in [1.82, 2.24) is 19.7 Å². The van der Waals surface area contributed by atoms with Crippen LogP contribution in [-0.2, 0) is 0 Å². The van der Waals surface area contributed by atoms with Crippen LogP contribution in [0.1, 0.15) is 19.9 Å². The molecule has 80 valence electrons. The van der Waals surface area contributed by atoms with Crippen LogP contribution in [0.3, 0.4) is 0 Å². The van der Waals surface area contributed by atoms with Crippen molar-refractivity contribution in [1.29, 1.82) is 0 Å². The topological polar surface area (TPSA) is 72.9 Å². The molecular formula is C9H14N6. The third-order valence-corrected chi connectivity index (χ3v) is 2.19. The summed E-state index contributed by atoms with van der Waals surface area (Å²) in [5.74, 6) is 6.36. The van der Waals surface area contributed by atoms with Crippen molar-refractivity contribution in [2.24, 2.45) is 5.84 Å². The van der Waals surface area contributed by atoms with E-state index in [-0.39, 0.29) is 6.04 Å². The van der Waals surface area contributed by atoms with Gasteiger partial charge in [-0.3, -0.25) is 5.01 Å². The van der Waals surface area contributed by atoms with Crippen LogP contribution in [0.4, 0.5) is 5.82 Å². The van der Waals surface area contributed by atoms with Crippen molar-refractivity contribution < 1.29 is 0 Å². The highest BCUT2D eigenvalue weighted by Crippen LogP contribution is 2.21. The lowest BCUT2D eigenvalue weighted by Gasteiger charge is -2.11. The molecule has 6 heteroatoms. The molecule has 2 rings (SSSR count). The quantitative estimate of drug-likeness (QED) is 0.579. The van der Waals surface area contributed by atoms with Crippen LogP contribution in [0.25, 0.3) is 11.0 Å². The van der Waals surface area contributed by atoms with Crippen LogP contribution in [0, 0.1) is 0 Å². The van der Waals surface area contributed by atoms with Gasteiger partial charge in [-0.15, -0.1) is 0 Å². The smallest absolute Gasteiger partial charge is 0.163 e. The zero-order chi connectivity index (χ0) is 11.0. The average molecular weight is 206 g/mol. The molecule has 0 saturated carbocycles. The van der Waals surface area contributed by atoms with E-state index in [2.05, 4.69) is 28.9 Å². The lowest BCUT2D eigenvalue weighted by molar-refractivity contribution is 0.546. The second kappa shape index (κ2) is 3.47. The zero-order valence-electron chi connectivity index (χ0n) is 9.05. The predicted octanol–water partition coefficient (Wildman–Crippen LogP) is 0.717. The Bertz CT molecular complexity index is 472. The van der Waals surface area contributed by atoms with Crippen molar-refractivity contribution >= 4 is 16.9 Å². The summed E-state index contributed by atoms with van der Waals surface area (Å²) >= 11 is 0. The Balaban J connectivity index is 2.69. The number of fused-ring (bicyclic) bond motifs is 1. The molecule has 2 aromatic rings. The maximum atomic E-state index is 5.67. The van der Waals surface area contributed by atoms with E-state index in [1.54, 1.807) is 13.2 Å². The van der Waals surface area contributed by atoms with Gasteiger partial charge in [-0.1, -0.05) is 0 Å². The number of nitrogens with zero attached hydrogens (tertiary/aromatic N) is 5. The minimum atomic E-state index is 0.272. The minimum Gasteiger partial charge on any atom is -0.297 e. The summed E-state index contributed by atoms with van der Waals surface area (Å²) in [5, 5.41) is 6.61. The largest absolute Gasteiger partial charge is 0.297 e. The monoisotopic (exact) mass is 206 g/mol. The molecule has 2 heterocycles. The van der Waals surface area contributed by atoms with Gasteiger partial charge in [0.1, 0.15) is 6.33 Å². The molecule has 0 aromatic carbocycles. The highest BCUT2D eigenvalue weighted by molar-refractivity contribution is 5.86. The first-order chi connectivity index (χ1) is 7.11. The lowest BCUT2D eigenvalue weighted by atomic mass is 10.3. The van der Waals surface area contributed by atoms with Crippen molar-refractivity contribution in [3.63, 3.8) is 0 Å². The van der Waals surface area contributed by atoms with Crippen molar-refractivity contribution in [3.05, 3.63) is 12.5 Å². The standard InChI is InChI=1S/C9H14N6/c1-6(2)15-9-7(4-13-15)8(14(3)10)11-5-12-9/h4-6H,10H2,1-3H3. The summed E-state index contributed by atoms with van der Waals surface area (Å²) in [6.07, 6.45) is 3.25. The number of hydrogen-bond acceptors (Lipinski definition) is 5. The van der Waals surface area contributed by atoms with E-state index in [1.165, 1.54) is 11.3 Å². The van der Waals surface area contributed by atoms with Crippen molar-refractivity contribution in [2.75, 3.05) is 12.1 Å². The summed E-state index contributed by atoms with van der Waals surface area (Å²) in [4.78, 5) is 8.33. The highest BCUT2D eigenvalue weighted by atomic mass is 15.4. The van der Waals surface area contributed by atoms with Crippen LogP contribution >= 0.6 is 0 Å². The number of hydrogen-bond donors (Lipinski definition) is 1. The number of anilines is 1. The van der Waals surface area contributed by atoms with Gasteiger partial charge in [0.2, 0.25) is 0 Å². The van der Waals surface area contributed by atoms with Gasteiger partial charge in [0.15, 0.2) is 11.5 Å². The summed E-state index contributed by atoms with van der Waals surface area (Å²) in [6.45, 7) is 4.11. The van der Waals surface area contributed by atoms with Crippen LogP contribution in [0.15, 0.2) is 12.5 Å². The molecule has 2 N–H and O–H groups in total. The maximum absolute atomic E-state index is 5.67. The Morgan fingerprint density at radius 3 is 2.73 bits per heavy atom. The number of aromatic nitrogens is 4. The molecule has 15 heavy (non-hydrogen) atoms. The molecule has 0 amide bonds. The zero-order valence-corrected chi connectivity index (χ0v) is 9.05. The molecule has 0 saturated heterocycles. The first-order valence-electron chi connectivity index (χ1n) is 4.78. The molecule has 0 aliphatic rings. The summed E-state index contributed by atoms with van der Waals surface area (Å²) in [5.41, 5.74) is 0.812. The third-order valence-electron chi connectivity index (χ3n) is 2.19. The van der Waals surface area contributed by atoms with Crippen LogP contribution < -0.4 is 10.9 Å². The second-order valence-electron chi connectivity index (χ2n) is 3.73. The third kappa shape index (κ3) is 1.52. The Hall–Kier alpha value is -1.69. The van der Waals surface area contributed by atoms with E-state index in [4.69, 9.17) is 5.84 Å². The van der Waals surface area contributed by atoms with Gasteiger partial charge in [-0.25, -0.2) is 20.5 Å². The Morgan fingerprint density at radius 1 is 1.40 bits per heavy atom. The minimum absolute atomic E-state index is 0.272. The van der Waals surface area contributed by atoms with Gasteiger partial charge in [0.25, 0.3) is 0 Å². The van der Waals surface area contributed by atoms with Gasteiger partial charge >= 0.3 is 0 Å². The first-order valence-corrected chi connectivity index (χ1v) is 4.78. The van der Waals surface area contributed by atoms with Crippen LogP contribution in [0.5, 0.6) is 0 Å². The molecule has 0 aliphatic heterocycles. The average Bonchev–Trinajstić information content (AvgIpc) is 2.59. The van der Waals surface area contributed by atoms with E-state index in [1.807, 2.05) is 4.68 Å². The fourth-order valence-corrected chi connectivity index (χ4v) is 1.51. The van der Waals surface area contributed by atoms with E-state index in [0.29, 0.717) is 5.82 Å². The molecule has 0 aliphatic carbocycles. The molecule has 0 radical (unpaired) electrons. The lowest BCUT2D eigenvalue weighted by Crippen LogP contribution is -2.26. The Morgan fingerprint density at radius 2 is 2.13 bits per heavy atom. The number of hydrazine groups is 1. The molecule has 2 aromatic heterocycles. The van der Waals surface area contributed by atoms with Gasteiger partial charge < -0.3 is 0 Å². The van der Waals surface area contributed by atoms with E-state index < -0.39 is 0 Å². The Labute approximate surface area is 87.7 Å². The van der Waals surface area contributed by atoms with Gasteiger partial charge in [-0.2, -0.15) is 5.10 Å². The second-order valence-corrected chi connectivity index (χ2v) is 3.73. The van der Waals surface area contributed by atoms with E-state index in [9.17, 15) is 0 Å². The molecular weight excluding hydrogens is 192 g/mol. The molecule has 0 bridgehead atoms. The molecule has 0 fully saturated rings. The number of nitrogens with two attached hydrogens (primary N) is 1. The molecule has 0 spiro atoms. The van der Waals surface area contributed by atoms with Gasteiger partial charge in [0.05, 0.1) is 11.6 Å². The SMILES string of the molecule is CC(C)n1ncc2c(N(C)N)ncnc21. The molecule has 0 atom stereocenters. The van der Waals surface area contributed by atoms with Crippen molar-refractivity contribution in [3.8, 4) is 0 Å². The fraction of sp³-hybridized carbons (Fsp3) is 0.444. The van der Waals surface area contributed by atoms with Gasteiger partial charge in [-0.05, 0) is 13.8 Å². The fourth-order valence-electron chi connectivity index (χ4n) is 1.51. The summed E-state index contributed by atoms with van der Waals surface area (Å²) in [6, 6.07) is 0.272. The van der Waals surface area contributed by atoms with Crippen LogP contribution in [-0.4, -0.2) is 26.8 Å². The maximum Gasteiger partial charge on any atom is 0.163 e. The summed E-state index contributed by atoms with van der Waals surface area (Å²) in [7, 11) is 1.74. The molecule has 6 nitrogen and oxygen atoms in total. The van der Waals surface area contributed by atoms with Crippen molar-refractivity contribution in [2.45, 2.75) is 19.9 Å².